The lowest BCUT2D eigenvalue weighted by molar-refractivity contribution is 0.0650. The van der Waals surface area contributed by atoms with Crippen LogP contribution < -0.4 is 4.72 Å². The smallest absolute Gasteiger partial charge is 0.253 e. The maximum Gasteiger partial charge on any atom is 0.253 e. The monoisotopic (exact) mass is 413 g/mol. The van der Waals surface area contributed by atoms with Gasteiger partial charge in [-0.1, -0.05) is 42.5 Å². The van der Waals surface area contributed by atoms with Crippen LogP contribution in [0.4, 0.5) is 5.69 Å². The van der Waals surface area contributed by atoms with Gasteiger partial charge in [-0.05, 0) is 36.2 Å². The molecule has 1 N–H and O–H groups in total. The van der Waals surface area contributed by atoms with Crippen molar-refractivity contribution in [3.8, 4) is 0 Å². The van der Waals surface area contributed by atoms with Crippen LogP contribution in [0.1, 0.15) is 21.5 Å². The first-order chi connectivity index (χ1) is 13.8. The van der Waals surface area contributed by atoms with Crippen LogP contribution >= 0.6 is 0 Å². The van der Waals surface area contributed by atoms with Crippen molar-refractivity contribution in [3.63, 3.8) is 0 Å². The Hall–Kier alpha value is -2.64. The summed E-state index contributed by atoms with van der Waals surface area (Å²) in [6.07, 6.45) is 5.39. The van der Waals surface area contributed by atoms with Gasteiger partial charge in [0.25, 0.3) is 5.91 Å². The van der Waals surface area contributed by atoms with Crippen molar-refractivity contribution in [1.29, 1.82) is 0 Å². The van der Waals surface area contributed by atoms with Gasteiger partial charge in [0.2, 0.25) is 10.0 Å². The van der Waals surface area contributed by atoms with Crippen molar-refractivity contribution in [1.82, 2.24) is 9.80 Å². The number of carbonyl (C=O) groups excluding carboxylic acids is 1. The van der Waals surface area contributed by atoms with E-state index in [1.165, 1.54) is 5.56 Å². The second-order valence-electron chi connectivity index (χ2n) is 7.31. The Morgan fingerprint density at radius 1 is 1.07 bits per heavy atom. The Balaban J connectivity index is 1.53. The number of amides is 1. The molecule has 0 aromatic heterocycles. The average Bonchev–Trinajstić information content (AvgIpc) is 2.69. The van der Waals surface area contributed by atoms with Crippen LogP contribution in [-0.4, -0.2) is 63.1 Å². The quantitative estimate of drug-likeness (QED) is 0.791. The van der Waals surface area contributed by atoms with Gasteiger partial charge >= 0.3 is 0 Å². The summed E-state index contributed by atoms with van der Waals surface area (Å²) in [6.45, 7) is 5.68. The highest BCUT2D eigenvalue weighted by Crippen LogP contribution is 2.19. The summed E-state index contributed by atoms with van der Waals surface area (Å²) in [7, 11) is -3.34. The lowest BCUT2D eigenvalue weighted by Gasteiger charge is -2.34. The number of hydrogen-bond acceptors (Lipinski definition) is 4. The molecule has 1 aliphatic rings. The Morgan fingerprint density at radius 3 is 2.38 bits per heavy atom. The minimum absolute atomic E-state index is 0.0153. The number of anilines is 1. The summed E-state index contributed by atoms with van der Waals surface area (Å²) in [5.41, 5.74) is 2.99. The molecule has 1 heterocycles. The molecule has 0 unspecified atom stereocenters. The topological polar surface area (TPSA) is 69.7 Å². The number of sulfonamides is 1. The molecule has 0 radical (unpaired) electrons. The van der Waals surface area contributed by atoms with Gasteiger partial charge in [0.15, 0.2) is 0 Å². The Bertz CT molecular complexity index is 980. The van der Waals surface area contributed by atoms with Gasteiger partial charge in [-0.3, -0.25) is 14.4 Å². The minimum atomic E-state index is -3.34. The van der Waals surface area contributed by atoms with Gasteiger partial charge in [0.1, 0.15) is 0 Å². The highest BCUT2D eigenvalue weighted by molar-refractivity contribution is 7.92. The van der Waals surface area contributed by atoms with Crippen molar-refractivity contribution in [2.24, 2.45) is 0 Å². The summed E-state index contributed by atoms with van der Waals surface area (Å²) in [4.78, 5) is 17.0. The van der Waals surface area contributed by atoms with E-state index in [-0.39, 0.29) is 5.91 Å². The number of benzene rings is 2. The number of aryl methyl sites for hydroxylation is 1. The first kappa shape index (κ1) is 21.1. The van der Waals surface area contributed by atoms with Crippen LogP contribution in [0.2, 0.25) is 0 Å². The zero-order chi connectivity index (χ0) is 20.9. The zero-order valence-corrected chi connectivity index (χ0v) is 17.7. The van der Waals surface area contributed by atoms with Gasteiger partial charge in [0.05, 0.1) is 11.9 Å². The van der Waals surface area contributed by atoms with E-state index in [2.05, 4.69) is 33.9 Å². The molecule has 2 aromatic rings. The molecule has 1 aliphatic heterocycles. The van der Waals surface area contributed by atoms with Crippen LogP contribution in [0.5, 0.6) is 0 Å². The van der Waals surface area contributed by atoms with Crippen molar-refractivity contribution >= 4 is 27.7 Å². The molecule has 1 fully saturated rings. The van der Waals surface area contributed by atoms with E-state index >= 15 is 0 Å². The van der Waals surface area contributed by atoms with Crippen LogP contribution in [0.25, 0.3) is 6.08 Å². The van der Waals surface area contributed by atoms with Gasteiger partial charge in [-0.2, -0.15) is 0 Å². The normalized spacial score (nSPS) is 15.6. The van der Waals surface area contributed by atoms with E-state index in [4.69, 9.17) is 0 Å². The molecular weight excluding hydrogens is 386 g/mol. The third kappa shape index (κ3) is 6.17. The molecule has 1 saturated heterocycles. The van der Waals surface area contributed by atoms with Gasteiger partial charge in [-0.25, -0.2) is 8.42 Å². The Labute approximate surface area is 172 Å². The molecule has 0 spiro atoms. The minimum Gasteiger partial charge on any atom is -0.336 e. The fourth-order valence-electron chi connectivity index (χ4n) is 3.33. The van der Waals surface area contributed by atoms with Crippen LogP contribution in [0, 0.1) is 6.92 Å². The van der Waals surface area contributed by atoms with E-state index in [9.17, 15) is 13.2 Å². The molecular formula is C22H27N3O3S. The van der Waals surface area contributed by atoms with E-state index in [1.54, 1.807) is 25.1 Å². The van der Waals surface area contributed by atoms with Crippen molar-refractivity contribution in [3.05, 3.63) is 71.3 Å². The summed E-state index contributed by atoms with van der Waals surface area (Å²) >= 11 is 0. The first-order valence-electron chi connectivity index (χ1n) is 9.63. The maximum atomic E-state index is 12.8. The number of nitrogens with zero attached hydrogens (tertiary/aromatic N) is 2. The van der Waals surface area contributed by atoms with Crippen LogP contribution in [0.15, 0.2) is 54.6 Å². The number of carbonyl (C=O) groups is 1. The fraction of sp³-hybridized carbons (Fsp3) is 0.318. The lowest BCUT2D eigenvalue weighted by atomic mass is 10.1. The fourth-order valence-corrected chi connectivity index (χ4v) is 3.96. The maximum absolute atomic E-state index is 12.8. The zero-order valence-electron chi connectivity index (χ0n) is 16.8. The highest BCUT2D eigenvalue weighted by atomic mass is 32.2. The van der Waals surface area contributed by atoms with Crippen molar-refractivity contribution in [2.75, 3.05) is 43.7 Å². The molecule has 2 aromatic carbocycles. The third-order valence-corrected chi connectivity index (χ3v) is 5.49. The van der Waals surface area contributed by atoms with E-state index < -0.39 is 10.0 Å². The predicted molar refractivity (Wildman–Crippen MR) is 117 cm³/mol. The summed E-state index contributed by atoms with van der Waals surface area (Å²) in [6, 6.07) is 15.3. The number of hydrogen-bond donors (Lipinski definition) is 1. The van der Waals surface area contributed by atoms with Crippen LogP contribution in [0.3, 0.4) is 0 Å². The molecule has 0 aliphatic carbocycles. The SMILES string of the molecule is Cc1cc(C(=O)N2CCN(C/C=C/c3ccccc3)CC2)ccc1NS(C)(=O)=O. The van der Waals surface area contributed by atoms with E-state index in [0.29, 0.717) is 24.3 Å². The van der Waals surface area contributed by atoms with Gasteiger partial charge in [0, 0.05) is 38.3 Å². The summed E-state index contributed by atoms with van der Waals surface area (Å²) in [5, 5.41) is 0. The summed E-state index contributed by atoms with van der Waals surface area (Å²) < 4.78 is 25.3. The van der Waals surface area contributed by atoms with E-state index in [0.717, 1.165) is 31.5 Å². The number of nitrogens with one attached hydrogen (secondary N) is 1. The van der Waals surface area contributed by atoms with E-state index in [1.807, 2.05) is 23.1 Å². The number of rotatable bonds is 6. The van der Waals surface area contributed by atoms with Gasteiger partial charge < -0.3 is 4.90 Å². The Kier molecular flexibility index (Phi) is 6.71. The molecule has 0 saturated carbocycles. The number of piperazine rings is 1. The Morgan fingerprint density at radius 2 is 1.76 bits per heavy atom. The largest absolute Gasteiger partial charge is 0.336 e. The first-order valence-corrected chi connectivity index (χ1v) is 11.5. The molecule has 29 heavy (non-hydrogen) atoms. The second kappa shape index (κ2) is 9.24. The average molecular weight is 414 g/mol. The third-order valence-electron chi connectivity index (χ3n) is 4.90. The lowest BCUT2D eigenvalue weighted by Crippen LogP contribution is -2.48. The molecule has 154 valence electrons. The molecule has 1 amide bonds. The highest BCUT2D eigenvalue weighted by Gasteiger charge is 2.22. The molecule has 7 heteroatoms. The van der Waals surface area contributed by atoms with Crippen molar-refractivity contribution < 1.29 is 13.2 Å². The molecule has 0 bridgehead atoms. The molecule has 3 rings (SSSR count). The predicted octanol–water partition coefficient (Wildman–Crippen LogP) is 2.84. The van der Waals surface area contributed by atoms with Gasteiger partial charge in [-0.15, -0.1) is 0 Å². The summed E-state index contributed by atoms with van der Waals surface area (Å²) in [5.74, 6) is -0.0153. The molecule has 6 nitrogen and oxygen atoms in total. The van der Waals surface area contributed by atoms with Crippen molar-refractivity contribution in [2.45, 2.75) is 6.92 Å². The second-order valence-corrected chi connectivity index (χ2v) is 9.06. The van der Waals surface area contributed by atoms with Crippen LogP contribution in [-0.2, 0) is 10.0 Å². The molecule has 0 atom stereocenters. The standard InChI is InChI=1S/C22H27N3O3S/c1-18-17-20(10-11-21(18)23-29(2,27)28)22(26)25-15-13-24(14-16-25)12-6-9-19-7-4-3-5-8-19/h3-11,17,23H,12-16H2,1-2H3/b9-6+.